The van der Waals surface area contributed by atoms with E-state index in [1.807, 2.05) is 26.8 Å². The number of hydrogen-bond donors (Lipinski definition) is 2. The van der Waals surface area contributed by atoms with Crippen LogP contribution < -0.4 is 10.6 Å². The minimum Gasteiger partial charge on any atom is -0.336 e. The number of amides is 2. The Labute approximate surface area is 97.6 Å². The first kappa shape index (κ1) is 12.0. The molecule has 1 aromatic rings. The fourth-order valence-electron chi connectivity index (χ4n) is 1.08. The van der Waals surface area contributed by atoms with Crippen molar-refractivity contribution in [1.82, 2.24) is 10.3 Å². The van der Waals surface area contributed by atoms with Crippen molar-refractivity contribution in [1.29, 1.82) is 0 Å². The number of carbonyl (C=O) groups is 1. The predicted octanol–water partition coefficient (Wildman–Crippen LogP) is 2.68. The number of nitrogens with zero attached hydrogens (tertiary/aromatic N) is 1. The fourth-order valence-corrected chi connectivity index (χ4v) is 1.48. The highest BCUT2D eigenvalue weighted by Crippen LogP contribution is 2.15. The Bertz CT molecular complexity index is 366. The molecule has 5 heteroatoms. The minimum atomic E-state index is -0.211. The Balaban J connectivity index is 2.68. The highest BCUT2D eigenvalue weighted by Gasteiger charge is 2.06. The molecule has 0 radical (unpaired) electrons. The summed E-state index contributed by atoms with van der Waals surface area (Å²) < 4.78 is 0.759. The third-order valence-corrected chi connectivity index (χ3v) is 2.16. The van der Waals surface area contributed by atoms with E-state index in [-0.39, 0.29) is 12.1 Å². The summed E-state index contributed by atoms with van der Waals surface area (Å²) in [6.45, 7) is 5.66. The molecule has 0 aliphatic carbocycles. The van der Waals surface area contributed by atoms with Crippen LogP contribution in [0.1, 0.15) is 19.5 Å². The number of aryl methyl sites for hydroxylation is 1. The van der Waals surface area contributed by atoms with Gasteiger partial charge in [0.1, 0.15) is 4.60 Å². The molecule has 15 heavy (non-hydrogen) atoms. The average Bonchev–Trinajstić information content (AvgIpc) is 2.08. The monoisotopic (exact) mass is 271 g/mol. The highest BCUT2D eigenvalue weighted by molar-refractivity contribution is 9.10. The van der Waals surface area contributed by atoms with Gasteiger partial charge in [-0.05, 0) is 48.8 Å². The molecule has 0 spiro atoms. The molecule has 82 valence electrons. The summed E-state index contributed by atoms with van der Waals surface area (Å²) >= 11 is 3.26. The summed E-state index contributed by atoms with van der Waals surface area (Å²) in [5, 5.41) is 5.48. The normalized spacial score (nSPS) is 10.2. The Morgan fingerprint density at radius 2 is 2.13 bits per heavy atom. The largest absolute Gasteiger partial charge is 0.336 e. The van der Waals surface area contributed by atoms with Crippen molar-refractivity contribution in [3.63, 3.8) is 0 Å². The fraction of sp³-hybridized carbons (Fsp3) is 0.400. The maximum atomic E-state index is 11.4. The maximum absolute atomic E-state index is 11.4. The molecule has 0 aromatic carbocycles. The van der Waals surface area contributed by atoms with E-state index >= 15 is 0 Å². The van der Waals surface area contributed by atoms with Gasteiger partial charge in [0, 0.05) is 6.04 Å². The number of rotatable bonds is 2. The smallest absolute Gasteiger partial charge is 0.319 e. The molecule has 1 aromatic heterocycles. The van der Waals surface area contributed by atoms with Crippen molar-refractivity contribution >= 4 is 27.6 Å². The average molecular weight is 272 g/mol. The van der Waals surface area contributed by atoms with Gasteiger partial charge in [0.2, 0.25) is 0 Å². The first-order chi connectivity index (χ1) is 6.99. The third kappa shape index (κ3) is 3.87. The lowest BCUT2D eigenvalue weighted by atomic mass is 10.3. The molecule has 2 amide bonds. The lowest BCUT2D eigenvalue weighted by Crippen LogP contribution is -2.34. The van der Waals surface area contributed by atoms with Crippen LogP contribution in [-0.2, 0) is 0 Å². The van der Waals surface area contributed by atoms with Crippen LogP contribution in [0.2, 0.25) is 0 Å². The summed E-state index contributed by atoms with van der Waals surface area (Å²) in [5.41, 5.74) is 1.50. The molecule has 0 aliphatic rings. The van der Waals surface area contributed by atoms with Crippen LogP contribution in [-0.4, -0.2) is 17.1 Å². The van der Waals surface area contributed by atoms with Gasteiger partial charge in [-0.2, -0.15) is 0 Å². The molecule has 0 fully saturated rings. The number of nitrogens with one attached hydrogen (secondary N) is 2. The number of anilines is 1. The molecule has 0 atom stereocenters. The van der Waals surface area contributed by atoms with Gasteiger partial charge in [0.05, 0.1) is 11.4 Å². The van der Waals surface area contributed by atoms with Crippen LogP contribution in [0.25, 0.3) is 0 Å². The predicted molar refractivity (Wildman–Crippen MR) is 64.0 cm³/mol. The van der Waals surface area contributed by atoms with Crippen molar-refractivity contribution in [2.75, 3.05) is 5.32 Å². The lowest BCUT2D eigenvalue weighted by molar-refractivity contribution is 0.250. The van der Waals surface area contributed by atoms with E-state index < -0.39 is 0 Å². The van der Waals surface area contributed by atoms with Gasteiger partial charge < -0.3 is 10.6 Å². The van der Waals surface area contributed by atoms with E-state index in [2.05, 4.69) is 31.5 Å². The molecule has 1 rings (SSSR count). The molecule has 4 nitrogen and oxygen atoms in total. The van der Waals surface area contributed by atoms with E-state index in [1.165, 1.54) is 0 Å². The third-order valence-electron chi connectivity index (χ3n) is 1.72. The minimum absolute atomic E-state index is 0.119. The van der Waals surface area contributed by atoms with Crippen LogP contribution >= 0.6 is 15.9 Å². The zero-order valence-electron chi connectivity index (χ0n) is 8.97. The second-order valence-corrected chi connectivity index (χ2v) is 4.33. The van der Waals surface area contributed by atoms with Gasteiger partial charge in [-0.25, -0.2) is 9.78 Å². The Kier molecular flexibility index (Phi) is 4.08. The molecular weight excluding hydrogens is 258 g/mol. The molecule has 0 bridgehead atoms. The van der Waals surface area contributed by atoms with E-state index in [0.29, 0.717) is 0 Å². The highest BCUT2D eigenvalue weighted by atomic mass is 79.9. The zero-order valence-corrected chi connectivity index (χ0v) is 10.6. The van der Waals surface area contributed by atoms with Crippen molar-refractivity contribution in [2.45, 2.75) is 26.8 Å². The molecule has 1 heterocycles. The number of urea groups is 1. The van der Waals surface area contributed by atoms with Gasteiger partial charge in [-0.15, -0.1) is 0 Å². The van der Waals surface area contributed by atoms with Crippen LogP contribution in [0.5, 0.6) is 0 Å². The summed E-state index contributed by atoms with van der Waals surface area (Å²) in [4.78, 5) is 15.6. The molecule has 0 aliphatic heterocycles. The topological polar surface area (TPSA) is 54.0 Å². The van der Waals surface area contributed by atoms with Crippen LogP contribution in [0, 0.1) is 6.92 Å². The summed E-state index contributed by atoms with van der Waals surface area (Å²) in [6.07, 6.45) is 0. The number of hydrogen-bond acceptors (Lipinski definition) is 2. The van der Waals surface area contributed by atoms with E-state index in [0.717, 1.165) is 16.0 Å². The Morgan fingerprint density at radius 1 is 1.47 bits per heavy atom. The zero-order chi connectivity index (χ0) is 11.4. The summed E-state index contributed by atoms with van der Waals surface area (Å²) in [6, 6.07) is 3.51. The number of halogens is 1. The Morgan fingerprint density at radius 3 is 2.67 bits per heavy atom. The molecule has 2 N–H and O–H groups in total. The SMILES string of the molecule is Cc1nc(Br)ccc1NC(=O)NC(C)C. The van der Waals surface area contributed by atoms with Crippen LogP contribution in [0.15, 0.2) is 16.7 Å². The van der Waals surface area contributed by atoms with Gasteiger partial charge >= 0.3 is 6.03 Å². The van der Waals surface area contributed by atoms with Crippen molar-refractivity contribution in [2.24, 2.45) is 0 Å². The van der Waals surface area contributed by atoms with E-state index in [9.17, 15) is 4.79 Å². The van der Waals surface area contributed by atoms with E-state index in [4.69, 9.17) is 0 Å². The number of carbonyl (C=O) groups excluding carboxylic acids is 1. The van der Waals surface area contributed by atoms with Gasteiger partial charge in [-0.3, -0.25) is 0 Å². The van der Waals surface area contributed by atoms with Crippen LogP contribution in [0.3, 0.4) is 0 Å². The van der Waals surface area contributed by atoms with Crippen LogP contribution in [0.4, 0.5) is 10.5 Å². The molecule has 0 saturated carbocycles. The first-order valence-electron chi connectivity index (χ1n) is 4.69. The maximum Gasteiger partial charge on any atom is 0.319 e. The summed E-state index contributed by atoms with van der Waals surface area (Å²) in [7, 11) is 0. The Hall–Kier alpha value is -1.10. The second-order valence-electron chi connectivity index (χ2n) is 3.52. The number of aromatic nitrogens is 1. The lowest BCUT2D eigenvalue weighted by Gasteiger charge is -2.11. The quantitative estimate of drug-likeness (QED) is 0.813. The van der Waals surface area contributed by atoms with Crippen molar-refractivity contribution < 1.29 is 4.79 Å². The van der Waals surface area contributed by atoms with Crippen molar-refractivity contribution in [3.05, 3.63) is 22.4 Å². The van der Waals surface area contributed by atoms with Gasteiger partial charge in [0.25, 0.3) is 0 Å². The van der Waals surface area contributed by atoms with E-state index in [1.54, 1.807) is 6.07 Å². The van der Waals surface area contributed by atoms with Gasteiger partial charge in [-0.1, -0.05) is 0 Å². The first-order valence-corrected chi connectivity index (χ1v) is 5.49. The van der Waals surface area contributed by atoms with Crippen molar-refractivity contribution in [3.8, 4) is 0 Å². The molecule has 0 saturated heterocycles. The standard InChI is InChI=1S/C10H14BrN3O/c1-6(2)12-10(15)14-8-4-5-9(11)13-7(8)3/h4-6H,1-3H3,(H2,12,14,15). The van der Waals surface area contributed by atoms with Gasteiger partial charge in [0.15, 0.2) is 0 Å². The number of pyridine rings is 1. The molecule has 0 unspecified atom stereocenters. The second kappa shape index (κ2) is 5.11. The summed E-state index contributed by atoms with van der Waals surface area (Å²) in [5.74, 6) is 0. The molecular formula is C10H14BrN3O.